The number of aliphatic hydroxyl groups is 1. The van der Waals surface area contributed by atoms with E-state index in [1.54, 1.807) is 0 Å². The predicted octanol–water partition coefficient (Wildman–Crippen LogP) is 1.95. The molecule has 0 unspecified atom stereocenters. The third-order valence-electron chi connectivity index (χ3n) is 0.878. The van der Waals surface area contributed by atoms with Gasteiger partial charge in [0.15, 0.2) is 0 Å². The molecule has 0 saturated heterocycles. The van der Waals surface area contributed by atoms with Gasteiger partial charge in [-0.2, -0.15) is 0 Å². The lowest BCUT2D eigenvalue weighted by Gasteiger charge is -1.97. The summed E-state index contributed by atoms with van der Waals surface area (Å²) in [6, 6.07) is 0. The topological polar surface area (TPSA) is 29.5 Å². The standard InChI is InChI=1S/C6H14O2.2BrH/c1-2-3-5-8-6-4-7;;/h7H,2-6H2,1H3;2*1H. The summed E-state index contributed by atoms with van der Waals surface area (Å²) in [6.07, 6.45) is 2.26. The Balaban J connectivity index is -0.000000245. The smallest absolute Gasteiger partial charge is 0.0697 e. The first-order valence-corrected chi connectivity index (χ1v) is 3.10. The molecule has 0 heterocycles. The van der Waals surface area contributed by atoms with Crippen LogP contribution in [0, 0.1) is 0 Å². The van der Waals surface area contributed by atoms with E-state index in [4.69, 9.17) is 9.84 Å². The number of ether oxygens (including phenoxy) is 1. The number of rotatable bonds is 5. The highest BCUT2D eigenvalue weighted by Crippen LogP contribution is 1.85. The summed E-state index contributed by atoms with van der Waals surface area (Å²) < 4.78 is 4.97. The van der Waals surface area contributed by atoms with E-state index in [1.807, 2.05) is 0 Å². The quantitative estimate of drug-likeness (QED) is 0.780. The Hall–Kier alpha value is 0.880. The molecular weight excluding hydrogens is 264 g/mol. The second-order valence-corrected chi connectivity index (χ2v) is 1.69. The molecule has 0 fully saturated rings. The largest absolute Gasteiger partial charge is 0.394 e. The third-order valence-corrected chi connectivity index (χ3v) is 0.878. The zero-order valence-corrected chi connectivity index (χ0v) is 9.63. The Kier molecular flexibility index (Phi) is 28.2. The Bertz CT molecular complexity index is 38.7. The minimum atomic E-state index is 0. The molecule has 1 N–H and O–H groups in total. The molecule has 10 heavy (non-hydrogen) atoms. The van der Waals surface area contributed by atoms with Crippen LogP contribution in [0.1, 0.15) is 19.8 Å². The van der Waals surface area contributed by atoms with E-state index in [0.29, 0.717) is 6.61 Å². The van der Waals surface area contributed by atoms with Gasteiger partial charge in [-0.1, -0.05) is 13.3 Å². The lowest BCUT2D eigenvalue weighted by molar-refractivity contribution is 0.0904. The first-order valence-electron chi connectivity index (χ1n) is 3.10. The Morgan fingerprint density at radius 3 is 2.20 bits per heavy atom. The summed E-state index contributed by atoms with van der Waals surface area (Å²) in [6.45, 7) is 3.53. The van der Waals surface area contributed by atoms with Gasteiger partial charge in [-0.3, -0.25) is 0 Å². The average Bonchev–Trinajstić information content (AvgIpc) is 1.81. The van der Waals surface area contributed by atoms with Crippen molar-refractivity contribution in [3.05, 3.63) is 0 Å². The normalized spacial score (nSPS) is 7.80. The van der Waals surface area contributed by atoms with Gasteiger partial charge in [0.1, 0.15) is 0 Å². The SMILES string of the molecule is Br.Br.CCCCOCCO. The Morgan fingerprint density at radius 2 is 1.80 bits per heavy atom. The van der Waals surface area contributed by atoms with Crippen molar-refractivity contribution in [2.24, 2.45) is 0 Å². The van der Waals surface area contributed by atoms with E-state index in [2.05, 4.69) is 6.92 Å². The van der Waals surface area contributed by atoms with E-state index in [0.717, 1.165) is 19.4 Å². The van der Waals surface area contributed by atoms with Gasteiger partial charge in [0.25, 0.3) is 0 Å². The number of aliphatic hydroxyl groups excluding tert-OH is 1. The van der Waals surface area contributed by atoms with Gasteiger partial charge in [0, 0.05) is 6.61 Å². The fourth-order valence-electron chi connectivity index (χ4n) is 0.413. The molecule has 66 valence electrons. The van der Waals surface area contributed by atoms with Crippen molar-refractivity contribution < 1.29 is 9.84 Å². The van der Waals surface area contributed by atoms with Gasteiger partial charge in [0.2, 0.25) is 0 Å². The van der Waals surface area contributed by atoms with Crippen LogP contribution in [0.5, 0.6) is 0 Å². The molecule has 0 aliphatic rings. The van der Waals surface area contributed by atoms with Crippen molar-refractivity contribution in [3.63, 3.8) is 0 Å². The Labute approximate surface area is 83.5 Å². The molecular formula is C6H16Br2O2. The summed E-state index contributed by atoms with van der Waals surface area (Å²) in [5, 5.41) is 8.24. The monoisotopic (exact) mass is 278 g/mol. The summed E-state index contributed by atoms with van der Waals surface area (Å²) in [7, 11) is 0. The zero-order valence-electron chi connectivity index (χ0n) is 6.21. The molecule has 0 rings (SSSR count). The highest BCUT2D eigenvalue weighted by atomic mass is 79.9. The number of unbranched alkanes of at least 4 members (excludes halogenated alkanes) is 1. The fraction of sp³-hybridized carbons (Fsp3) is 1.00. The highest BCUT2D eigenvalue weighted by molar-refractivity contribution is 8.93. The molecule has 0 amide bonds. The van der Waals surface area contributed by atoms with Gasteiger partial charge in [0.05, 0.1) is 13.2 Å². The van der Waals surface area contributed by atoms with Crippen LogP contribution < -0.4 is 0 Å². The molecule has 0 aromatic carbocycles. The van der Waals surface area contributed by atoms with Crippen molar-refractivity contribution in [1.29, 1.82) is 0 Å². The maximum absolute atomic E-state index is 8.24. The molecule has 0 saturated carbocycles. The van der Waals surface area contributed by atoms with Crippen LogP contribution in [-0.2, 0) is 4.74 Å². The van der Waals surface area contributed by atoms with Crippen molar-refractivity contribution in [1.82, 2.24) is 0 Å². The fourth-order valence-corrected chi connectivity index (χ4v) is 0.413. The summed E-state index contributed by atoms with van der Waals surface area (Å²) in [5.41, 5.74) is 0. The van der Waals surface area contributed by atoms with Gasteiger partial charge in [-0.25, -0.2) is 0 Å². The van der Waals surface area contributed by atoms with Crippen LogP contribution in [0.15, 0.2) is 0 Å². The van der Waals surface area contributed by atoms with Crippen molar-refractivity contribution in [3.8, 4) is 0 Å². The second kappa shape index (κ2) is 16.5. The van der Waals surface area contributed by atoms with Crippen LogP contribution in [0.2, 0.25) is 0 Å². The molecule has 4 heteroatoms. The maximum atomic E-state index is 8.24. The number of hydrogen-bond acceptors (Lipinski definition) is 2. The van der Waals surface area contributed by atoms with Gasteiger partial charge in [-0.15, -0.1) is 34.0 Å². The average molecular weight is 280 g/mol. The zero-order chi connectivity index (χ0) is 6.24. The molecule has 0 aliphatic carbocycles. The van der Waals surface area contributed by atoms with Crippen LogP contribution >= 0.6 is 34.0 Å². The van der Waals surface area contributed by atoms with E-state index in [9.17, 15) is 0 Å². The summed E-state index contributed by atoms with van der Waals surface area (Å²) in [4.78, 5) is 0. The molecule has 0 spiro atoms. The van der Waals surface area contributed by atoms with Crippen LogP contribution in [0.3, 0.4) is 0 Å². The van der Waals surface area contributed by atoms with Crippen LogP contribution in [0.4, 0.5) is 0 Å². The molecule has 0 aliphatic heterocycles. The first-order chi connectivity index (χ1) is 3.91. The van der Waals surface area contributed by atoms with Gasteiger partial charge < -0.3 is 9.84 Å². The lowest BCUT2D eigenvalue weighted by Crippen LogP contribution is -1.99. The van der Waals surface area contributed by atoms with Crippen LogP contribution in [-0.4, -0.2) is 24.9 Å². The minimum Gasteiger partial charge on any atom is -0.394 e. The van der Waals surface area contributed by atoms with E-state index < -0.39 is 0 Å². The Morgan fingerprint density at radius 1 is 1.20 bits per heavy atom. The molecule has 0 radical (unpaired) electrons. The van der Waals surface area contributed by atoms with Crippen LogP contribution in [0.25, 0.3) is 0 Å². The van der Waals surface area contributed by atoms with Gasteiger partial charge in [-0.05, 0) is 6.42 Å². The number of halogens is 2. The predicted molar refractivity (Wildman–Crippen MR) is 53.5 cm³/mol. The van der Waals surface area contributed by atoms with Crippen molar-refractivity contribution in [2.45, 2.75) is 19.8 Å². The van der Waals surface area contributed by atoms with E-state index in [1.165, 1.54) is 0 Å². The van der Waals surface area contributed by atoms with E-state index >= 15 is 0 Å². The number of hydrogen-bond donors (Lipinski definition) is 1. The molecule has 0 atom stereocenters. The summed E-state index contributed by atoms with van der Waals surface area (Å²) in [5.74, 6) is 0. The molecule has 0 aromatic rings. The molecule has 2 nitrogen and oxygen atoms in total. The highest BCUT2D eigenvalue weighted by Gasteiger charge is 1.82. The van der Waals surface area contributed by atoms with Crippen molar-refractivity contribution in [2.75, 3.05) is 19.8 Å². The lowest BCUT2D eigenvalue weighted by atomic mass is 10.4. The third kappa shape index (κ3) is 15.9. The second-order valence-electron chi connectivity index (χ2n) is 1.69. The van der Waals surface area contributed by atoms with Gasteiger partial charge >= 0.3 is 0 Å². The maximum Gasteiger partial charge on any atom is 0.0697 e. The first kappa shape index (κ1) is 17.1. The molecule has 0 bridgehead atoms. The van der Waals surface area contributed by atoms with Crippen molar-refractivity contribution >= 4 is 34.0 Å². The summed E-state index contributed by atoms with van der Waals surface area (Å²) >= 11 is 0. The minimum absolute atomic E-state index is 0. The van der Waals surface area contributed by atoms with E-state index in [-0.39, 0.29) is 40.6 Å². The molecule has 0 aromatic heterocycles.